The van der Waals surface area contributed by atoms with E-state index in [-0.39, 0.29) is 17.6 Å². The maximum Gasteiger partial charge on any atom is 0.174 e. The second kappa shape index (κ2) is 6.11. The van der Waals surface area contributed by atoms with Crippen molar-refractivity contribution in [1.29, 1.82) is 0 Å². The van der Waals surface area contributed by atoms with Gasteiger partial charge in [0.2, 0.25) is 0 Å². The molecule has 0 aromatic heterocycles. The number of benzene rings is 1. The van der Waals surface area contributed by atoms with Crippen molar-refractivity contribution in [2.24, 2.45) is 5.92 Å². The number of hydrogen-bond donors (Lipinski definition) is 1. The quantitative estimate of drug-likeness (QED) is 0.668. The van der Waals surface area contributed by atoms with Crippen molar-refractivity contribution in [3.8, 4) is 0 Å². The van der Waals surface area contributed by atoms with E-state index >= 15 is 0 Å². The highest BCUT2D eigenvalue weighted by Gasteiger charge is 2.34. The lowest BCUT2D eigenvalue weighted by Gasteiger charge is -2.33. The van der Waals surface area contributed by atoms with Gasteiger partial charge in [-0.15, -0.1) is 0 Å². The van der Waals surface area contributed by atoms with E-state index in [4.69, 9.17) is 0 Å². The normalized spacial score (nSPS) is 24.7. The molecule has 0 spiro atoms. The summed E-state index contributed by atoms with van der Waals surface area (Å²) >= 11 is 0. The molecule has 0 bridgehead atoms. The molecule has 1 saturated heterocycles. The minimum absolute atomic E-state index is 0.0195. The van der Waals surface area contributed by atoms with Crippen LogP contribution in [-0.4, -0.2) is 23.7 Å². The lowest BCUT2D eigenvalue weighted by Crippen LogP contribution is -2.49. The Morgan fingerprint density at radius 1 is 1.21 bits per heavy atom. The molecule has 1 N–H and O–H groups in total. The van der Waals surface area contributed by atoms with Gasteiger partial charge in [0.15, 0.2) is 5.78 Å². The van der Waals surface area contributed by atoms with Gasteiger partial charge >= 0.3 is 0 Å². The van der Waals surface area contributed by atoms with Crippen LogP contribution in [0.3, 0.4) is 0 Å². The fourth-order valence-corrected chi connectivity index (χ4v) is 2.87. The third kappa shape index (κ3) is 3.29. The Labute approximate surface area is 114 Å². The first-order chi connectivity index (χ1) is 9.09. The molecular formula is C16H21NO2. The summed E-state index contributed by atoms with van der Waals surface area (Å²) in [6, 6.07) is 9.47. The molecule has 1 heterocycles. The van der Waals surface area contributed by atoms with Crippen LogP contribution in [0.25, 0.3) is 0 Å². The van der Waals surface area contributed by atoms with Crippen LogP contribution in [0.1, 0.15) is 43.5 Å². The molecule has 1 aromatic rings. The predicted molar refractivity (Wildman–Crippen MR) is 75.2 cm³/mol. The van der Waals surface area contributed by atoms with Gasteiger partial charge in [-0.3, -0.25) is 9.59 Å². The van der Waals surface area contributed by atoms with Crippen LogP contribution in [0.4, 0.5) is 0 Å². The van der Waals surface area contributed by atoms with E-state index in [1.807, 2.05) is 18.2 Å². The van der Waals surface area contributed by atoms with Crippen LogP contribution >= 0.6 is 0 Å². The van der Waals surface area contributed by atoms with Gasteiger partial charge in [-0.1, -0.05) is 36.8 Å². The van der Waals surface area contributed by atoms with Gasteiger partial charge in [0.25, 0.3) is 0 Å². The predicted octanol–water partition coefficient (Wildman–Crippen LogP) is 2.61. The first-order valence-corrected chi connectivity index (χ1v) is 6.95. The molecule has 0 amide bonds. The highest BCUT2D eigenvalue weighted by atomic mass is 16.1. The Morgan fingerprint density at radius 3 is 2.47 bits per heavy atom. The smallest absolute Gasteiger partial charge is 0.174 e. The maximum atomic E-state index is 12.5. The summed E-state index contributed by atoms with van der Waals surface area (Å²) in [6.07, 6.45) is 3.08. The average molecular weight is 259 g/mol. The van der Waals surface area contributed by atoms with Crippen molar-refractivity contribution >= 4 is 11.6 Å². The van der Waals surface area contributed by atoms with Crippen LogP contribution in [0.15, 0.2) is 30.3 Å². The molecule has 19 heavy (non-hydrogen) atoms. The summed E-state index contributed by atoms with van der Waals surface area (Å²) in [5.74, 6) is -0.648. The van der Waals surface area contributed by atoms with Crippen molar-refractivity contribution in [2.45, 2.75) is 45.2 Å². The summed E-state index contributed by atoms with van der Waals surface area (Å²) in [6.45, 7) is 3.63. The zero-order chi connectivity index (χ0) is 13.8. The van der Waals surface area contributed by atoms with E-state index in [1.165, 1.54) is 6.92 Å². The monoisotopic (exact) mass is 259 g/mol. The third-order valence-corrected chi connectivity index (χ3v) is 3.83. The molecule has 1 aliphatic rings. The van der Waals surface area contributed by atoms with Crippen molar-refractivity contribution in [1.82, 2.24) is 5.32 Å². The van der Waals surface area contributed by atoms with E-state index < -0.39 is 5.92 Å². The number of nitrogens with one attached hydrogen (secondary N) is 1. The lowest BCUT2D eigenvalue weighted by atomic mass is 9.82. The van der Waals surface area contributed by atoms with Gasteiger partial charge in [0, 0.05) is 17.6 Å². The average Bonchev–Trinajstić information content (AvgIpc) is 2.39. The van der Waals surface area contributed by atoms with Gasteiger partial charge < -0.3 is 5.32 Å². The zero-order valence-electron chi connectivity index (χ0n) is 11.6. The molecule has 1 aliphatic heterocycles. The van der Waals surface area contributed by atoms with Crippen molar-refractivity contribution in [3.05, 3.63) is 35.9 Å². The Morgan fingerprint density at radius 2 is 1.89 bits per heavy atom. The van der Waals surface area contributed by atoms with Gasteiger partial charge in [-0.05, 0) is 26.7 Å². The molecular weight excluding hydrogens is 238 g/mol. The number of hydrogen-bond acceptors (Lipinski definition) is 3. The number of carbonyl (C=O) groups is 2. The molecule has 3 unspecified atom stereocenters. The molecule has 3 heteroatoms. The zero-order valence-corrected chi connectivity index (χ0v) is 11.6. The minimum Gasteiger partial charge on any atom is -0.310 e. The Kier molecular flexibility index (Phi) is 4.48. The SMILES string of the molecule is CC(=O)C(C(=O)c1ccccc1)C1CCCC(C)N1. The molecule has 3 atom stereocenters. The van der Waals surface area contributed by atoms with E-state index in [0.29, 0.717) is 11.6 Å². The second-order valence-corrected chi connectivity index (χ2v) is 5.42. The Bertz CT molecular complexity index is 455. The summed E-state index contributed by atoms with van der Waals surface area (Å²) in [5, 5.41) is 3.41. The number of Topliss-reactive ketones (excluding diaryl/α,β-unsaturated/α-hetero) is 2. The summed E-state index contributed by atoms with van der Waals surface area (Å²) < 4.78 is 0. The highest BCUT2D eigenvalue weighted by Crippen LogP contribution is 2.22. The number of ketones is 2. The molecule has 1 aromatic carbocycles. The van der Waals surface area contributed by atoms with E-state index in [2.05, 4.69) is 12.2 Å². The first kappa shape index (κ1) is 13.9. The minimum atomic E-state index is -0.551. The fourth-order valence-electron chi connectivity index (χ4n) is 2.87. The standard InChI is InChI=1S/C16H21NO2/c1-11-7-6-10-14(17-11)15(12(2)18)16(19)13-8-4-3-5-9-13/h3-5,8-9,11,14-15,17H,6-7,10H2,1-2H3. The van der Waals surface area contributed by atoms with Crippen molar-refractivity contribution in [3.63, 3.8) is 0 Å². The second-order valence-electron chi connectivity index (χ2n) is 5.42. The first-order valence-electron chi connectivity index (χ1n) is 6.95. The van der Waals surface area contributed by atoms with Gasteiger partial charge in [0.05, 0.1) is 5.92 Å². The topological polar surface area (TPSA) is 46.2 Å². The molecule has 3 nitrogen and oxygen atoms in total. The molecule has 102 valence electrons. The number of rotatable bonds is 4. The van der Waals surface area contributed by atoms with Crippen LogP contribution in [0.2, 0.25) is 0 Å². The molecule has 0 aliphatic carbocycles. The third-order valence-electron chi connectivity index (χ3n) is 3.83. The van der Waals surface area contributed by atoms with Crippen LogP contribution in [-0.2, 0) is 4.79 Å². The largest absolute Gasteiger partial charge is 0.310 e. The van der Waals surface area contributed by atoms with Gasteiger partial charge in [-0.25, -0.2) is 0 Å². The van der Waals surface area contributed by atoms with E-state index in [1.54, 1.807) is 12.1 Å². The Hall–Kier alpha value is -1.48. The van der Waals surface area contributed by atoms with Crippen molar-refractivity contribution in [2.75, 3.05) is 0 Å². The highest BCUT2D eigenvalue weighted by molar-refractivity contribution is 6.10. The van der Waals surface area contributed by atoms with Gasteiger partial charge in [-0.2, -0.15) is 0 Å². The van der Waals surface area contributed by atoms with Crippen molar-refractivity contribution < 1.29 is 9.59 Å². The molecule has 2 rings (SSSR count). The van der Waals surface area contributed by atoms with Crippen LogP contribution < -0.4 is 5.32 Å². The van der Waals surface area contributed by atoms with E-state index in [0.717, 1.165) is 19.3 Å². The van der Waals surface area contributed by atoms with Crippen LogP contribution in [0, 0.1) is 5.92 Å². The molecule has 0 saturated carbocycles. The van der Waals surface area contributed by atoms with E-state index in [9.17, 15) is 9.59 Å². The summed E-state index contributed by atoms with van der Waals surface area (Å²) in [4.78, 5) is 24.4. The Balaban J connectivity index is 2.20. The fraction of sp³-hybridized carbons (Fsp3) is 0.500. The van der Waals surface area contributed by atoms with Gasteiger partial charge in [0.1, 0.15) is 5.78 Å². The lowest BCUT2D eigenvalue weighted by molar-refractivity contribution is -0.120. The summed E-state index contributed by atoms with van der Waals surface area (Å²) in [7, 11) is 0. The molecule has 1 fully saturated rings. The maximum absolute atomic E-state index is 12.5. The molecule has 0 radical (unpaired) electrons. The summed E-state index contributed by atoms with van der Waals surface area (Å²) in [5.41, 5.74) is 0.628. The number of piperidine rings is 1. The number of carbonyl (C=O) groups excluding carboxylic acids is 2. The van der Waals surface area contributed by atoms with Crippen LogP contribution in [0.5, 0.6) is 0 Å².